The lowest BCUT2D eigenvalue weighted by Gasteiger charge is -2.36. The number of carboxylic acids is 1. The van der Waals surface area contributed by atoms with Gasteiger partial charge in [-0.2, -0.15) is 0 Å². The van der Waals surface area contributed by atoms with E-state index in [9.17, 15) is 14.7 Å². The highest BCUT2D eigenvalue weighted by Crippen LogP contribution is 2.37. The van der Waals surface area contributed by atoms with Gasteiger partial charge in [0.1, 0.15) is 27.8 Å². The lowest BCUT2D eigenvalue weighted by molar-refractivity contribution is 0.0702. The molecule has 0 aliphatic carbocycles. The number of hydrogen-bond donors (Lipinski definition) is 3. The number of anilines is 2. The second-order valence-electron chi connectivity index (χ2n) is 9.04. The molecule has 3 N–H and O–H groups in total. The second kappa shape index (κ2) is 11.8. The number of aryl methyl sites for hydroxylation is 1. The quantitative estimate of drug-likeness (QED) is 0.228. The third-order valence-corrected chi connectivity index (χ3v) is 8.50. The normalized spacial score (nSPS) is 17.7. The molecule has 1 saturated heterocycles. The molecule has 10 nitrogen and oxygen atoms in total. The zero-order valence-electron chi connectivity index (χ0n) is 20.7. The molecule has 0 amide bonds. The van der Waals surface area contributed by atoms with Gasteiger partial charge < -0.3 is 25.0 Å². The smallest absolute Gasteiger partial charge is 0.348 e. The number of halogens is 2. The van der Waals surface area contributed by atoms with Crippen LogP contribution in [0.5, 0.6) is 0 Å². The summed E-state index contributed by atoms with van der Waals surface area (Å²) in [6.07, 6.45) is 4.18. The number of carboxylic acid groups (broad SMARTS) is 1. The second-order valence-corrected chi connectivity index (χ2v) is 10.8. The van der Waals surface area contributed by atoms with Crippen molar-refractivity contribution in [1.29, 1.82) is 0 Å². The van der Waals surface area contributed by atoms with Crippen LogP contribution in [0.15, 0.2) is 12.4 Å². The van der Waals surface area contributed by atoms with Crippen molar-refractivity contribution in [3.05, 3.63) is 38.7 Å². The van der Waals surface area contributed by atoms with Crippen molar-refractivity contribution in [2.75, 3.05) is 43.6 Å². The number of methoxy groups -OCH3 is 1. The van der Waals surface area contributed by atoms with Gasteiger partial charge in [0.2, 0.25) is 0 Å². The minimum atomic E-state index is -1.06. The summed E-state index contributed by atoms with van der Waals surface area (Å²) in [5.41, 5.74) is 1.72. The van der Waals surface area contributed by atoms with E-state index in [0.717, 1.165) is 17.8 Å². The third-order valence-electron chi connectivity index (χ3n) is 6.45. The Bertz CT molecular complexity index is 1280. The van der Waals surface area contributed by atoms with Crippen molar-refractivity contribution in [3.8, 4) is 11.4 Å². The average molecular weight is 567 g/mol. The molecule has 0 bridgehead atoms. The number of carbonyl (C=O) groups excluding carboxylic acids is 1. The predicted molar refractivity (Wildman–Crippen MR) is 144 cm³/mol. The number of H-pyrrole nitrogens is 1. The van der Waals surface area contributed by atoms with E-state index < -0.39 is 5.97 Å². The Kier molecular flexibility index (Phi) is 8.68. The lowest BCUT2D eigenvalue weighted by atomic mass is 9.83. The van der Waals surface area contributed by atoms with Crippen molar-refractivity contribution >= 4 is 57.2 Å². The average Bonchev–Trinajstić information content (AvgIpc) is 3.44. The fourth-order valence-electron chi connectivity index (χ4n) is 4.36. The number of piperidine rings is 1. The molecular weight excluding hydrogens is 539 g/mol. The van der Waals surface area contributed by atoms with Crippen LogP contribution >= 0.6 is 34.5 Å². The first-order chi connectivity index (χ1) is 17.7. The van der Waals surface area contributed by atoms with Gasteiger partial charge in [-0.25, -0.2) is 19.7 Å². The van der Waals surface area contributed by atoms with E-state index in [-0.39, 0.29) is 27.5 Å². The summed E-state index contributed by atoms with van der Waals surface area (Å²) in [4.78, 5) is 43.4. The Morgan fingerprint density at radius 3 is 2.68 bits per heavy atom. The molecule has 0 saturated carbocycles. The highest BCUT2D eigenvalue weighted by Gasteiger charge is 2.32. The first-order valence-corrected chi connectivity index (χ1v) is 13.4. The summed E-state index contributed by atoms with van der Waals surface area (Å²) in [7, 11) is 1.61. The Morgan fingerprint density at radius 1 is 1.30 bits per heavy atom. The monoisotopic (exact) mass is 566 g/mol. The molecule has 0 aromatic carbocycles. The fourth-order valence-corrected chi connectivity index (χ4v) is 5.75. The number of ketones is 1. The van der Waals surface area contributed by atoms with E-state index in [1.54, 1.807) is 20.2 Å². The zero-order chi connectivity index (χ0) is 26.7. The van der Waals surface area contributed by atoms with Gasteiger partial charge in [0.15, 0.2) is 10.9 Å². The van der Waals surface area contributed by atoms with Gasteiger partial charge in [-0.3, -0.25) is 4.79 Å². The van der Waals surface area contributed by atoms with Crippen molar-refractivity contribution in [2.45, 2.75) is 26.7 Å². The van der Waals surface area contributed by atoms with Gasteiger partial charge in [0.05, 0.1) is 29.0 Å². The number of rotatable bonds is 10. The molecule has 0 unspecified atom stereocenters. The highest BCUT2D eigenvalue weighted by molar-refractivity contribution is 7.17. The molecule has 1 aliphatic rings. The van der Waals surface area contributed by atoms with Gasteiger partial charge in [0, 0.05) is 38.9 Å². The molecule has 4 rings (SSSR count). The van der Waals surface area contributed by atoms with E-state index in [2.05, 4.69) is 37.1 Å². The summed E-state index contributed by atoms with van der Waals surface area (Å²) < 4.78 is 5.00. The molecule has 3 aromatic rings. The SMILES string of the molecule is COCCNc1cnc(-c2nc(N3CC[C@@H](CC(=O)c4[nH]c(C)c(Cl)c4Cl)[C@@H](C)C3)sc2C(=O)O)cn1. The van der Waals surface area contributed by atoms with E-state index >= 15 is 0 Å². The number of aromatic nitrogens is 4. The zero-order valence-corrected chi connectivity index (χ0v) is 23.0. The number of carbonyl (C=O) groups is 2. The lowest BCUT2D eigenvalue weighted by Crippen LogP contribution is -2.40. The molecule has 0 radical (unpaired) electrons. The molecule has 3 aromatic heterocycles. The van der Waals surface area contributed by atoms with Crippen LogP contribution in [0.4, 0.5) is 10.9 Å². The van der Waals surface area contributed by atoms with Crippen LogP contribution in [0.3, 0.4) is 0 Å². The number of thiazole rings is 1. The predicted octanol–water partition coefficient (Wildman–Crippen LogP) is 5.04. The first-order valence-electron chi connectivity index (χ1n) is 11.8. The molecule has 1 fully saturated rings. The maximum absolute atomic E-state index is 12.9. The maximum Gasteiger partial charge on any atom is 0.348 e. The number of aromatic carboxylic acids is 1. The molecule has 37 heavy (non-hydrogen) atoms. The maximum atomic E-state index is 12.9. The summed E-state index contributed by atoms with van der Waals surface area (Å²) in [6, 6.07) is 0. The van der Waals surface area contributed by atoms with Crippen LogP contribution in [-0.4, -0.2) is 70.1 Å². The summed E-state index contributed by atoms with van der Waals surface area (Å²) in [5.74, 6) is -0.219. The van der Waals surface area contributed by atoms with Crippen LogP contribution < -0.4 is 10.2 Å². The third kappa shape index (κ3) is 6.06. The van der Waals surface area contributed by atoms with Crippen LogP contribution in [0.1, 0.15) is 45.6 Å². The van der Waals surface area contributed by atoms with Crippen LogP contribution in [0.25, 0.3) is 11.4 Å². The van der Waals surface area contributed by atoms with Crippen molar-refractivity contribution in [3.63, 3.8) is 0 Å². The standard InChI is InChI=1S/C24H28Cl2N6O4S/c1-12-11-32(6-4-14(12)8-16(33)21-19(26)18(25)13(2)30-21)24-31-20(22(37-24)23(34)35)15-9-29-17(10-28-15)27-5-7-36-3/h9-10,12,14,30H,4-8,11H2,1-3H3,(H,27,29)(H,34,35)/t12-,14-/m0/s1. The highest BCUT2D eigenvalue weighted by atomic mass is 35.5. The van der Waals surface area contributed by atoms with Gasteiger partial charge >= 0.3 is 5.97 Å². The molecule has 13 heteroatoms. The Morgan fingerprint density at radius 2 is 2.08 bits per heavy atom. The molecular formula is C24H28Cl2N6O4S. The molecule has 2 atom stereocenters. The van der Waals surface area contributed by atoms with E-state index in [1.165, 1.54) is 6.20 Å². The molecule has 0 spiro atoms. The Labute approximate surface area is 228 Å². The number of hydrogen-bond acceptors (Lipinski definition) is 9. The number of Topliss-reactive ketones (excluding diaryl/α,β-unsaturated/α-hetero) is 1. The number of aromatic amines is 1. The molecule has 198 valence electrons. The number of ether oxygens (including phenoxy) is 1. The largest absolute Gasteiger partial charge is 0.477 e. The molecule has 1 aliphatic heterocycles. The van der Waals surface area contributed by atoms with Gasteiger partial charge in [-0.15, -0.1) is 0 Å². The minimum absolute atomic E-state index is 0.0614. The van der Waals surface area contributed by atoms with Crippen molar-refractivity contribution < 1.29 is 19.4 Å². The summed E-state index contributed by atoms with van der Waals surface area (Å²) in [5, 5.41) is 14.1. The van der Waals surface area contributed by atoms with Crippen LogP contribution in [-0.2, 0) is 4.74 Å². The van der Waals surface area contributed by atoms with Crippen LogP contribution in [0.2, 0.25) is 10.0 Å². The number of nitrogens with one attached hydrogen (secondary N) is 2. The number of nitrogens with zero attached hydrogens (tertiary/aromatic N) is 4. The van der Waals surface area contributed by atoms with Crippen molar-refractivity contribution in [2.24, 2.45) is 11.8 Å². The topological polar surface area (TPSA) is 133 Å². The summed E-state index contributed by atoms with van der Waals surface area (Å²) in [6.45, 7) is 6.28. The van der Waals surface area contributed by atoms with E-state index in [0.29, 0.717) is 71.4 Å². The van der Waals surface area contributed by atoms with E-state index in [1.807, 2.05) is 0 Å². The Balaban J connectivity index is 1.45. The van der Waals surface area contributed by atoms with Gasteiger partial charge in [-0.1, -0.05) is 41.5 Å². The van der Waals surface area contributed by atoms with Gasteiger partial charge in [0.25, 0.3) is 0 Å². The van der Waals surface area contributed by atoms with E-state index in [4.69, 9.17) is 27.9 Å². The van der Waals surface area contributed by atoms with Crippen LogP contribution in [0, 0.1) is 18.8 Å². The fraction of sp³-hybridized carbons (Fsp3) is 0.458. The van der Waals surface area contributed by atoms with Crippen molar-refractivity contribution in [1.82, 2.24) is 19.9 Å². The summed E-state index contributed by atoms with van der Waals surface area (Å²) >= 11 is 13.5. The molecule has 4 heterocycles. The van der Waals surface area contributed by atoms with Gasteiger partial charge in [-0.05, 0) is 25.2 Å². The first kappa shape index (κ1) is 27.3. The minimum Gasteiger partial charge on any atom is -0.477 e. The Hall–Kier alpha value is -2.73.